The van der Waals surface area contributed by atoms with Crippen LogP contribution in [0.4, 0.5) is 0 Å². The van der Waals surface area contributed by atoms with Crippen molar-refractivity contribution < 1.29 is 19.0 Å². The molecule has 18 heavy (non-hydrogen) atoms. The van der Waals surface area contributed by atoms with Crippen molar-refractivity contribution in [1.29, 1.82) is 0 Å². The monoisotopic (exact) mass is 252 g/mol. The van der Waals surface area contributed by atoms with E-state index in [2.05, 4.69) is 6.08 Å². The lowest BCUT2D eigenvalue weighted by atomic mass is 9.97. The summed E-state index contributed by atoms with van der Waals surface area (Å²) in [6, 6.07) is 0. The first kappa shape index (κ1) is 12.3. The summed E-state index contributed by atoms with van der Waals surface area (Å²) in [5, 5.41) is 0. The highest BCUT2D eigenvalue weighted by Gasteiger charge is 2.53. The van der Waals surface area contributed by atoms with Gasteiger partial charge in [0.2, 0.25) is 0 Å². The van der Waals surface area contributed by atoms with Crippen molar-refractivity contribution in [2.75, 3.05) is 6.61 Å². The largest absolute Gasteiger partial charge is 0.346 e. The van der Waals surface area contributed by atoms with Crippen molar-refractivity contribution in [1.82, 2.24) is 0 Å². The molecule has 4 nitrogen and oxygen atoms in total. The number of rotatable bonds is 1. The van der Waals surface area contributed by atoms with Gasteiger partial charge in [-0.05, 0) is 32.3 Å². The normalized spacial score (nSPS) is 47.8. The molecular formula is C14H20O4. The van der Waals surface area contributed by atoms with E-state index in [1.165, 1.54) is 0 Å². The SMILES string of the molecule is C[C@@]1(C=O)CC[C@@]2(CC=C[C@]3(CCCCO3)O2)O1. The third-order valence-corrected chi connectivity index (χ3v) is 4.10. The maximum absolute atomic E-state index is 11.1. The number of hydrogen-bond donors (Lipinski definition) is 0. The van der Waals surface area contributed by atoms with Crippen molar-refractivity contribution in [2.24, 2.45) is 0 Å². The molecule has 100 valence electrons. The van der Waals surface area contributed by atoms with E-state index < -0.39 is 17.2 Å². The van der Waals surface area contributed by atoms with Crippen molar-refractivity contribution >= 4 is 6.29 Å². The van der Waals surface area contributed by atoms with E-state index in [0.29, 0.717) is 12.8 Å². The Morgan fingerprint density at radius 1 is 1.17 bits per heavy atom. The average molecular weight is 252 g/mol. The molecule has 0 saturated carbocycles. The number of ether oxygens (including phenoxy) is 3. The van der Waals surface area contributed by atoms with Crippen LogP contribution in [-0.2, 0) is 19.0 Å². The summed E-state index contributed by atoms with van der Waals surface area (Å²) in [6.45, 7) is 2.55. The molecule has 3 aliphatic rings. The Hall–Kier alpha value is -0.710. The zero-order valence-electron chi connectivity index (χ0n) is 10.8. The number of carbonyl (C=O) groups is 1. The molecule has 0 bridgehead atoms. The third-order valence-electron chi connectivity index (χ3n) is 4.10. The van der Waals surface area contributed by atoms with Crippen LogP contribution in [0.25, 0.3) is 0 Å². The van der Waals surface area contributed by atoms with Crippen LogP contribution in [0.1, 0.15) is 45.4 Å². The number of aldehydes is 1. The molecule has 2 saturated heterocycles. The van der Waals surface area contributed by atoms with E-state index in [1.54, 1.807) is 0 Å². The Morgan fingerprint density at radius 2 is 2.06 bits per heavy atom. The molecule has 0 aromatic rings. The smallest absolute Gasteiger partial charge is 0.191 e. The van der Waals surface area contributed by atoms with E-state index in [1.807, 2.05) is 13.0 Å². The molecule has 3 rings (SSSR count). The van der Waals surface area contributed by atoms with Gasteiger partial charge < -0.3 is 19.0 Å². The molecule has 0 aliphatic carbocycles. The van der Waals surface area contributed by atoms with Gasteiger partial charge in [0, 0.05) is 19.3 Å². The molecule has 3 aliphatic heterocycles. The van der Waals surface area contributed by atoms with Crippen LogP contribution in [0.5, 0.6) is 0 Å². The van der Waals surface area contributed by atoms with E-state index in [-0.39, 0.29) is 0 Å². The zero-order chi connectivity index (χ0) is 12.7. The van der Waals surface area contributed by atoms with Crippen molar-refractivity contribution in [3.05, 3.63) is 12.2 Å². The van der Waals surface area contributed by atoms with Crippen LogP contribution in [0.3, 0.4) is 0 Å². The Balaban J connectivity index is 1.80. The Morgan fingerprint density at radius 3 is 2.72 bits per heavy atom. The van der Waals surface area contributed by atoms with Gasteiger partial charge in [0.1, 0.15) is 5.60 Å². The predicted octanol–water partition coefficient (Wildman–Crippen LogP) is 2.32. The first-order chi connectivity index (χ1) is 8.60. The lowest BCUT2D eigenvalue weighted by molar-refractivity contribution is -0.353. The molecule has 0 aromatic carbocycles. The fourth-order valence-electron chi connectivity index (χ4n) is 3.08. The van der Waals surface area contributed by atoms with Crippen LogP contribution in [0.15, 0.2) is 12.2 Å². The minimum absolute atomic E-state index is 0.620. The quantitative estimate of drug-likeness (QED) is 0.530. The molecule has 4 heteroatoms. The first-order valence-corrected chi connectivity index (χ1v) is 6.78. The molecule has 0 amide bonds. The van der Waals surface area contributed by atoms with Gasteiger partial charge in [-0.15, -0.1) is 0 Å². The summed E-state index contributed by atoms with van der Waals surface area (Å²) in [7, 11) is 0. The highest BCUT2D eigenvalue weighted by Crippen LogP contribution is 2.47. The summed E-state index contributed by atoms with van der Waals surface area (Å²) >= 11 is 0. The molecule has 3 atom stereocenters. The van der Waals surface area contributed by atoms with Crippen molar-refractivity contribution in [3.63, 3.8) is 0 Å². The van der Waals surface area contributed by atoms with Gasteiger partial charge in [0.25, 0.3) is 0 Å². The maximum atomic E-state index is 11.1. The van der Waals surface area contributed by atoms with Crippen LogP contribution in [0.2, 0.25) is 0 Å². The van der Waals surface area contributed by atoms with Gasteiger partial charge in [-0.2, -0.15) is 0 Å². The van der Waals surface area contributed by atoms with Crippen LogP contribution >= 0.6 is 0 Å². The highest BCUT2D eigenvalue weighted by atomic mass is 16.8. The fourth-order valence-corrected chi connectivity index (χ4v) is 3.08. The minimum Gasteiger partial charge on any atom is -0.346 e. The maximum Gasteiger partial charge on any atom is 0.191 e. The van der Waals surface area contributed by atoms with Crippen LogP contribution < -0.4 is 0 Å². The van der Waals surface area contributed by atoms with Crippen LogP contribution in [0, 0.1) is 0 Å². The Kier molecular flexibility index (Phi) is 2.84. The molecule has 2 fully saturated rings. The zero-order valence-corrected chi connectivity index (χ0v) is 10.8. The van der Waals surface area contributed by atoms with Gasteiger partial charge >= 0.3 is 0 Å². The van der Waals surface area contributed by atoms with E-state index in [9.17, 15) is 4.79 Å². The van der Waals surface area contributed by atoms with Crippen molar-refractivity contribution in [3.8, 4) is 0 Å². The molecular weight excluding hydrogens is 232 g/mol. The Labute approximate surface area is 107 Å². The van der Waals surface area contributed by atoms with Gasteiger partial charge in [0.15, 0.2) is 17.9 Å². The Bertz CT molecular complexity index is 372. The second-order valence-electron chi connectivity index (χ2n) is 5.77. The van der Waals surface area contributed by atoms with Crippen molar-refractivity contribution in [2.45, 2.75) is 62.6 Å². The van der Waals surface area contributed by atoms with Gasteiger partial charge in [-0.1, -0.05) is 6.08 Å². The third kappa shape index (κ3) is 2.02. The lowest BCUT2D eigenvalue weighted by Gasteiger charge is -2.44. The number of carbonyl (C=O) groups excluding carboxylic acids is 1. The molecule has 0 unspecified atom stereocenters. The summed E-state index contributed by atoms with van der Waals surface area (Å²) < 4.78 is 17.9. The van der Waals surface area contributed by atoms with E-state index in [4.69, 9.17) is 14.2 Å². The molecule has 2 spiro atoms. The van der Waals surface area contributed by atoms with Gasteiger partial charge in [-0.3, -0.25) is 0 Å². The molecule has 0 N–H and O–H groups in total. The average Bonchev–Trinajstić information content (AvgIpc) is 2.68. The molecule has 3 heterocycles. The second kappa shape index (κ2) is 4.15. The fraction of sp³-hybridized carbons (Fsp3) is 0.786. The summed E-state index contributed by atoms with van der Waals surface area (Å²) in [4.78, 5) is 11.1. The van der Waals surface area contributed by atoms with E-state index in [0.717, 1.165) is 38.6 Å². The molecule has 0 aromatic heterocycles. The first-order valence-electron chi connectivity index (χ1n) is 6.78. The van der Waals surface area contributed by atoms with Gasteiger partial charge in [-0.25, -0.2) is 0 Å². The standard InChI is InChI=1S/C14H20O4/c1-12(11-15)8-9-14(17-12)7-4-6-13(18-14)5-2-3-10-16-13/h4,6,11H,2-3,5,7-10H2,1H3/t12-,13-,14-/m0/s1. The summed E-state index contributed by atoms with van der Waals surface area (Å²) in [6.07, 6.45) is 10.2. The second-order valence-corrected chi connectivity index (χ2v) is 5.77. The minimum atomic E-state index is -0.707. The number of hydrogen-bond acceptors (Lipinski definition) is 4. The van der Waals surface area contributed by atoms with Gasteiger partial charge in [0.05, 0.1) is 6.61 Å². The lowest BCUT2D eigenvalue weighted by Crippen LogP contribution is -2.50. The summed E-state index contributed by atoms with van der Waals surface area (Å²) in [5.41, 5.74) is -0.707. The predicted molar refractivity (Wildman–Crippen MR) is 64.9 cm³/mol. The van der Waals surface area contributed by atoms with E-state index >= 15 is 0 Å². The highest BCUT2D eigenvalue weighted by molar-refractivity contribution is 5.62. The topological polar surface area (TPSA) is 44.8 Å². The molecule has 0 radical (unpaired) electrons. The van der Waals surface area contributed by atoms with Crippen LogP contribution in [-0.4, -0.2) is 30.1 Å². The summed E-state index contributed by atoms with van der Waals surface area (Å²) in [5.74, 6) is -1.29.